The minimum absolute atomic E-state index is 0.0109. The predicted molar refractivity (Wildman–Crippen MR) is 99.9 cm³/mol. The number of hydrogen-bond donors (Lipinski definition) is 1. The third-order valence-electron chi connectivity index (χ3n) is 4.69. The number of rotatable bonds is 7. The average Bonchev–Trinajstić information content (AvgIpc) is 3.15. The molecule has 1 aromatic heterocycles. The zero-order valence-corrected chi connectivity index (χ0v) is 15.7. The quantitative estimate of drug-likeness (QED) is 0.757. The van der Waals surface area contributed by atoms with Crippen LogP contribution in [0.3, 0.4) is 0 Å². The summed E-state index contributed by atoms with van der Waals surface area (Å²) < 4.78 is 10.9. The van der Waals surface area contributed by atoms with Crippen LogP contribution in [0, 0.1) is 5.92 Å². The number of amides is 1. The van der Waals surface area contributed by atoms with Crippen LogP contribution < -0.4 is 4.74 Å². The Hall–Kier alpha value is -2.67. The number of ketones is 1. The number of nitrogens with one attached hydrogen (secondary N) is 1. The molecule has 0 spiro atoms. The highest BCUT2D eigenvalue weighted by molar-refractivity contribution is 5.94. The molecule has 1 N–H and O–H groups in total. The van der Waals surface area contributed by atoms with Crippen LogP contribution in [0.1, 0.15) is 46.3 Å². The zero-order valence-electron chi connectivity index (χ0n) is 15.7. The largest absolute Gasteiger partial charge is 0.487 e. The van der Waals surface area contributed by atoms with Gasteiger partial charge in [0.1, 0.15) is 12.4 Å². The Kier molecular flexibility index (Phi) is 6.24. The fourth-order valence-corrected chi connectivity index (χ4v) is 3.29. The van der Waals surface area contributed by atoms with Gasteiger partial charge in [-0.25, -0.2) is 0 Å². The number of methoxy groups -OCH3 is 1. The molecule has 1 amide bonds. The monoisotopic (exact) mass is 371 g/mol. The smallest absolute Gasteiger partial charge is 0.274 e. The molecule has 1 atom stereocenters. The summed E-state index contributed by atoms with van der Waals surface area (Å²) in [5.41, 5.74) is 1.70. The summed E-state index contributed by atoms with van der Waals surface area (Å²) in [6, 6.07) is 8.74. The molecule has 0 radical (unpaired) electrons. The molecule has 1 aliphatic heterocycles. The van der Waals surface area contributed by atoms with Crippen LogP contribution in [0.15, 0.2) is 30.3 Å². The lowest BCUT2D eigenvalue weighted by molar-refractivity contribution is 0.0565. The second kappa shape index (κ2) is 8.81. The van der Waals surface area contributed by atoms with E-state index in [9.17, 15) is 9.59 Å². The molecule has 2 aromatic rings. The van der Waals surface area contributed by atoms with E-state index >= 15 is 0 Å². The van der Waals surface area contributed by atoms with Gasteiger partial charge in [-0.1, -0.05) is 12.1 Å². The fourth-order valence-electron chi connectivity index (χ4n) is 3.29. The molecule has 0 bridgehead atoms. The molecule has 0 unspecified atom stereocenters. The number of H-pyrrole nitrogens is 1. The van der Waals surface area contributed by atoms with Crippen LogP contribution >= 0.6 is 0 Å². The van der Waals surface area contributed by atoms with Crippen molar-refractivity contribution < 1.29 is 19.1 Å². The second-order valence-corrected chi connectivity index (χ2v) is 6.87. The maximum absolute atomic E-state index is 12.7. The van der Waals surface area contributed by atoms with Crippen molar-refractivity contribution in [3.63, 3.8) is 0 Å². The molecule has 1 fully saturated rings. The van der Waals surface area contributed by atoms with Gasteiger partial charge in [0.2, 0.25) is 0 Å². The van der Waals surface area contributed by atoms with Gasteiger partial charge in [-0.05, 0) is 43.9 Å². The van der Waals surface area contributed by atoms with E-state index in [1.165, 1.54) is 6.92 Å². The molecule has 1 aromatic carbocycles. The van der Waals surface area contributed by atoms with Crippen molar-refractivity contribution in [1.82, 2.24) is 15.1 Å². The van der Waals surface area contributed by atoms with Crippen LogP contribution in [0.25, 0.3) is 0 Å². The van der Waals surface area contributed by atoms with Crippen LogP contribution in [0.5, 0.6) is 5.75 Å². The summed E-state index contributed by atoms with van der Waals surface area (Å²) in [5, 5.41) is 6.99. The van der Waals surface area contributed by atoms with Crippen LogP contribution in [-0.4, -0.2) is 53.6 Å². The summed E-state index contributed by atoms with van der Waals surface area (Å²) in [5.74, 6) is 0.895. The lowest BCUT2D eigenvalue weighted by Crippen LogP contribution is -2.41. The van der Waals surface area contributed by atoms with E-state index in [0.29, 0.717) is 41.8 Å². The maximum Gasteiger partial charge on any atom is 0.274 e. The molecule has 0 saturated carbocycles. The molecule has 3 rings (SSSR count). The zero-order chi connectivity index (χ0) is 19.2. The normalized spacial score (nSPS) is 17.0. The Balaban J connectivity index is 1.58. The number of piperidine rings is 1. The molecule has 7 nitrogen and oxygen atoms in total. The molecule has 7 heteroatoms. The Morgan fingerprint density at radius 2 is 2.19 bits per heavy atom. The number of likely N-dealkylation sites (tertiary alicyclic amines) is 1. The number of Topliss-reactive ketones (excluding diaryl/α,β-unsaturated/α-hetero) is 1. The third-order valence-corrected chi connectivity index (χ3v) is 4.69. The van der Waals surface area contributed by atoms with Crippen molar-refractivity contribution in [3.8, 4) is 5.75 Å². The predicted octanol–water partition coefficient (Wildman–Crippen LogP) is 2.69. The van der Waals surface area contributed by atoms with E-state index in [1.807, 2.05) is 4.90 Å². The Morgan fingerprint density at radius 1 is 1.33 bits per heavy atom. The standard InChI is InChI=1S/C20H25N3O4/c1-14(24)16-6-3-7-18(9-16)27-13-17-10-19(22-21-17)20(25)23-8-4-5-15(11-23)12-26-2/h3,6-7,9-10,15H,4-5,8,11-13H2,1-2H3,(H,21,22)/t15-/m1/s1. The van der Waals surface area contributed by atoms with Gasteiger partial charge in [-0.15, -0.1) is 0 Å². The lowest BCUT2D eigenvalue weighted by Gasteiger charge is -2.31. The first-order chi connectivity index (χ1) is 13.1. The van der Waals surface area contributed by atoms with Crippen LogP contribution in [0.2, 0.25) is 0 Å². The Morgan fingerprint density at radius 3 is 2.96 bits per heavy atom. The van der Waals surface area contributed by atoms with E-state index < -0.39 is 0 Å². The van der Waals surface area contributed by atoms with Gasteiger partial charge in [-0.2, -0.15) is 5.10 Å². The molecular weight excluding hydrogens is 346 g/mol. The number of aromatic nitrogens is 2. The van der Waals surface area contributed by atoms with Gasteiger partial charge in [-0.3, -0.25) is 14.7 Å². The number of nitrogens with zero attached hydrogens (tertiary/aromatic N) is 2. The number of carbonyl (C=O) groups excluding carboxylic acids is 2. The summed E-state index contributed by atoms with van der Waals surface area (Å²) in [6.07, 6.45) is 2.06. The first kappa shape index (κ1) is 19.1. The molecule has 0 aliphatic carbocycles. The average molecular weight is 371 g/mol. The number of hydrogen-bond acceptors (Lipinski definition) is 5. The van der Waals surface area contributed by atoms with E-state index in [4.69, 9.17) is 9.47 Å². The van der Waals surface area contributed by atoms with Gasteiger partial charge in [0.25, 0.3) is 5.91 Å². The third kappa shape index (κ3) is 4.95. The van der Waals surface area contributed by atoms with Crippen molar-refractivity contribution in [1.29, 1.82) is 0 Å². The molecule has 1 saturated heterocycles. The first-order valence-electron chi connectivity index (χ1n) is 9.13. The summed E-state index contributed by atoms with van der Waals surface area (Å²) in [7, 11) is 1.69. The second-order valence-electron chi connectivity index (χ2n) is 6.87. The van der Waals surface area contributed by atoms with E-state index in [1.54, 1.807) is 37.4 Å². The number of carbonyl (C=O) groups is 2. The highest BCUT2D eigenvalue weighted by Crippen LogP contribution is 2.19. The number of benzene rings is 1. The number of aromatic amines is 1. The molecule has 2 heterocycles. The van der Waals surface area contributed by atoms with Crippen molar-refractivity contribution in [2.45, 2.75) is 26.4 Å². The topological polar surface area (TPSA) is 84.5 Å². The fraction of sp³-hybridized carbons (Fsp3) is 0.450. The van der Waals surface area contributed by atoms with E-state index in [2.05, 4.69) is 10.2 Å². The molecule has 144 valence electrons. The van der Waals surface area contributed by atoms with Crippen molar-refractivity contribution in [2.75, 3.05) is 26.8 Å². The van der Waals surface area contributed by atoms with Crippen LogP contribution in [-0.2, 0) is 11.3 Å². The SMILES string of the molecule is COC[C@@H]1CCCN(C(=O)c2cc(COc3cccc(C(C)=O)c3)[nH]n2)C1. The van der Waals surface area contributed by atoms with E-state index in [-0.39, 0.29) is 18.3 Å². The molecule has 1 aliphatic rings. The minimum atomic E-state index is -0.0723. The van der Waals surface area contributed by atoms with Crippen molar-refractivity contribution >= 4 is 11.7 Å². The molecular formula is C20H25N3O4. The Bertz CT molecular complexity index is 800. The molecule has 27 heavy (non-hydrogen) atoms. The van der Waals surface area contributed by atoms with Crippen LogP contribution in [0.4, 0.5) is 0 Å². The van der Waals surface area contributed by atoms with Gasteiger partial charge < -0.3 is 14.4 Å². The van der Waals surface area contributed by atoms with Gasteiger partial charge in [0.15, 0.2) is 11.5 Å². The van der Waals surface area contributed by atoms with Crippen molar-refractivity contribution in [2.24, 2.45) is 5.92 Å². The number of ether oxygens (including phenoxy) is 2. The van der Waals surface area contributed by atoms with E-state index in [0.717, 1.165) is 19.4 Å². The van der Waals surface area contributed by atoms with Gasteiger partial charge in [0.05, 0.1) is 12.3 Å². The van der Waals surface area contributed by atoms with Crippen molar-refractivity contribution in [3.05, 3.63) is 47.3 Å². The summed E-state index contributed by atoms with van der Waals surface area (Å²) >= 11 is 0. The highest BCUT2D eigenvalue weighted by atomic mass is 16.5. The Labute approximate surface area is 158 Å². The highest BCUT2D eigenvalue weighted by Gasteiger charge is 2.25. The minimum Gasteiger partial charge on any atom is -0.487 e. The maximum atomic E-state index is 12.7. The summed E-state index contributed by atoms with van der Waals surface area (Å²) in [6.45, 7) is 3.87. The summed E-state index contributed by atoms with van der Waals surface area (Å²) in [4.78, 5) is 26.0. The van der Waals surface area contributed by atoms with Gasteiger partial charge in [0, 0.05) is 25.8 Å². The lowest BCUT2D eigenvalue weighted by atomic mass is 9.99. The first-order valence-corrected chi connectivity index (χ1v) is 9.13. The van der Waals surface area contributed by atoms with Gasteiger partial charge >= 0.3 is 0 Å².